The standard InChI is InChI=1S/C13H17N3OS/c1-3-14-8-11-4-5-12(17-11)9-18-13-15-7-6-10(2)16-13/h4-7,14H,3,8-9H2,1-2H3. The molecule has 2 rings (SSSR count). The van der Waals surface area contributed by atoms with Crippen LogP contribution >= 0.6 is 11.8 Å². The van der Waals surface area contributed by atoms with Gasteiger partial charge in [-0.05, 0) is 31.7 Å². The number of rotatable bonds is 6. The van der Waals surface area contributed by atoms with Crippen LogP contribution in [0, 0.1) is 6.92 Å². The van der Waals surface area contributed by atoms with Gasteiger partial charge in [0.25, 0.3) is 0 Å². The number of furan rings is 1. The summed E-state index contributed by atoms with van der Waals surface area (Å²) in [6.07, 6.45) is 1.78. The highest BCUT2D eigenvalue weighted by atomic mass is 32.2. The van der Waals surface area contributed by atoms with E-state index in [9.17, 15) is 0 Å². The van der Waals surface area contributed by atoms with E-state index >= 15 is 0 Å². The summed E-state index contributed by atoms with van der Waals surface area (Å²) in [6, 6.07) is 5.91. The lowest BCUT2D eigenvalue weighted by Crippen LogP contribution is -2.10. The van der Waals surface area contributed by atoms with Crippen molar-refractivity contribution >= 4 is 11.8 Å². The Morgan fingerprint density at radius 3 is 2.89 bits per heavy atom. The first-order valence-electron chi connectivity index (χ1n) is 5.98. The monoisotopic (exact) mass is 263 g/mol. The number of thioether (sulfide) groups is 1. The molecule has 18 heavy (non-hydrogen) atoms. The van der Waals surface area contributed by atoms with E-state index in [1.807, 2.05) is 25.1 Å². The summed E-state index contributed by atoms with van der Waals surface area (Å²) in [7, 11) is 0. The van der Waals surface area contributed by atoms with E-state index in [4.69, 9.17) is 4.42 Å². The van der Waals surface area contributed by atoms with Gasteiger partial charge in [-0.1, -0.05) is 18.7 Å². The maximum Gasteiger partial charge on any atom is 0.188 e. The summed E-state index contributed by atoms with van der Waals surface area (Å²) in [5.41, 5.74) is 0.986. The van der Waals surface area contributed by atoms with Crippen molar-refractivity contribution in [3.8, 4) is 0 Å². The molecule has 0 saturated heterocycles. The summed E-state index contributed by atoms with van der Waals surface area (Å²) in [5.74, 6) is 2.69. The molecule has 0 aliphatic heterocycles. The first kappa shape index (κ1) is 13.1. The molecule has 0 amide bonds. The van der Waals surface area contributed by atoms with Gasteiger partial charge in [-0.15, -0.1) is 0 Å². The zero-order chi connectivity index (χ0) is 12.8. The van der Waals surface area contributed by atoms with E-state index in [2.05, 4.69) is 22.2 Å². The van der Waals surface area contributed by atoms with Crippen LogP contribution in [-0.2, 0) is 12.3 Å². The molecule has 1 N–H and O–H groups in total. The van der Waals surface area contributed by atoms with Crippen molar-refractivity contribution in [1.82, 2.24) is 15.3 Å². The van der Waals surface area contributed by atoms with Crippen LogP contribution in [0.15, 0.2) is 34.0 Å². The van der Waals surface area contributed by atoms with E-state index in [0.29, 0.717) is 0 Å². The third kappa shape index (κ3) is 3.85. The summed E-state index contributed by atoms with van der Waals surface area (Å²) in [5, 5.41) is 4.03. The van der Waals surface area contributed by atoms with Crippen LogP contribution in [0.1, 0.15) is 24.1 Å². The van der Waals surface area contributed by atoms with Crippen molar-refractivity contribution in [3.63, 3.8) is 0 Å². The van der Waals surface area contributed by atoms with Gasteiger partial charge in [-0.2, -0.15) is 0 Å². The molecule has 0 atom stereocenters. The van der Waals surface area contributed by atoms with Crippen molar-refractivity contribution < 1.29 is 4.42 Å². The number of hydrogen-bond acceptors (Lipinski definition) is 5. The molecular weight excluding hydrogens is 246 g/mol. The minimum Gasteiger partial charge on any atom is -0.464 e. The second-order valence-corrected chi connectivity index (χ2v) is 4.86. The Labute approximate surface area is 111 Å². The molecule has 0 unspecified atom stereocenters. The molecule has 2 aromatic heterocycles. The van der Waals surface area contributed by atoms with Crippen LogP contribution in [0.4, 0.5) is 0 Å². The molecule has 5 heteroatoms. The van der Waals surface area contributed by atoms with Gasteiger partial charge < -0.3 is 9.73 Å². The van der Waals surface area contributed by atoms with Crippen molar-refractivity contribution in [2.45, 2.75) is 31.3 Å². The van der Waals surface area contributed by atoms with E-state index in [1.54, 1.807) is 18.0 Å². The minimum absolute atomic E-state index is 0.760. The molecule has 0 saturated carbocycles. The van der Waals surface area contributed by atoms with E-state index in [1.165, 1.54) is 0 Å². The van der Waals surface area contributed by atoms with Crippen molar-refractivity contribution in [1.29, 1.82) is 0 Å². The highest BCUT2D eigenvalue weighted by Crippen LogP contribution is 2.20. The Hall–Kier alpha value is -1.33. The van der Waals surface area contributed by atoms with Crippen molar-refractivity contribution in [3.05, 3.63) is 41.6 Å². The molecule has 2 aromatic rings. The molecule has 0 radical (unpaired) electrons. The maximum absolute atomic E-state index is 5.70. The first-order valence-corrected chi connectivity index (χ1v) is 6.97. The Balaban J connectivity index is 1.88. The Morgan fingerprint density at radius 1 is 1.28 bits per heavy atom. The molecule has 0 aliphatic rings. The molecule has 96 valence electrons. The number of nitrogens with zero attached hydrogens (tertiary/aromatic N) is 2. The number of nitrogens with one attached hydrogen (secondary N) is 1. The third-order valence-electron chi connectivity index (χ3n) is 2.38. The van der Waals surface area contributed by atoms with Crippen LogP contribution < -0.4 is 5.32 Å². The van der Waals surface area contributed by atoms with Gasteiger partial charge in [0, 0.05) is 11.9 Å². The lowest BCUT2D eigenvalue weighted by atomic mass is 10.4. The highest BCUT2D eigenvalue weighted by molar-refractivity contribution is 7.98. The molecule has 4 nitrogen and oxygen atoms in total. The topological polar surface area (TPSA) is 51.0 Å². The average Bonchev–Trinajstić information content (AvgIpc) is 2.82. The molecule has 0 aromatic carbocycles. The third-order valence-corrected chi connectivity index (χ3v) is 3.27. The minimum atomic E-state index is 0.760. The van der Waals surface area contributed by atoms with Crippen LogP contribution in [0.5, 0.6) is 0 Å². The SMILES string of the molecule is CCNCc1ccc(CSc2nccc(C)n2)o1. The van der Waals surface area contributed by atoms with E-state index < -0.39 is 0 Å². The number of hydrogen-bond donors (Lipinski definition) is 1. The second kappa shape index (κ2) is 6.56. The van der Waals surface area contributed by atoms with Crippen molar-refractivity contribution in [2.75, 3.05) is 6.54 Å². The van der Waals surface area contributed by atoms with Crippen LogP contribution in [0.3, 0.4) is 0 Å². The van der Waals surface area contributed by atoms with E-state index in [0.717, 1.165) is 41.2 Å². The van der Waals surface area contributed by atoms with Crippen LogP contribution in [-0.4, -0.2) is 16.5 Å². The van der Waals surface area contributed by atoms with Gasteiger partial charge in [0.2, 0.25) is 0 Å². The number of aryl methyl sites for hydroxylation is 1. The maximum atomic E-state index is 5.70. The quantitative estimate of drug-likeness (QED) is 0.641. The van der Waals surface area contributed by atoms with Crippen molar-refractivity contribution in [2.24, 2.45) is 0 Å². The normalized spacial score (nSPS) is 10.8. The fourth-order valence-corrected chi connectivity index (χ4v) is 2.24. The summed E-state index contributed by atoms with van der Waals surface area (Å²) < 4.78 is 5.70. The molecular formula is C13H17N3OS. The fraction of sp³-hybridized carbons (Fsp3) is 0.385. The van der Waals surface area contributed by atoms with Crippen LogP contribution in [0.25, 0.3) is 0 Å². The molecule has 0 aliphatic carbocycles. The molecule has 0 fully saturated rings. The van der Waals surface area contributed by atoms with Crippen LogP contribution in [0.2, 0.25) is 0 Å². The van der Waals surface area contributed by atoms with E-state index in [-0.39, 0.29) is 0 Å². The largest absolute Gasteiger partial charge is 0.464 e. The fourth-order valence-electron chi connectivity index (χ4n) is 1.47. The summed E-state index contributed by atoms with van der Waals surface area (Å²) >= 11 is 1.59. The Kier molecular flexibility index (Phi) is 4.78. The Bertz CT molecular complexity index is 498. The lowest BCUT2D eigenvalue weighted by Gasteiger charge is -1.99. The zero-order valence-electron chi connectivity index (χ0n) is 10.6. The van der Waals surface area contributed by atoms with Gasteiger partial charge in [0.15, 0.2) is 5.16 Å². The second-order valence-electron chi connectivity index (χ2n) is 3.92. The molecule has 2 heterocycles. The highest BCUT2D eigenvalue weighted by Gasteiger charge is 2.04. The first-order chi connectivity index (χ1) is 8.78. The van der Waals surface area contributed by atoms with Gasteiger partial charge in [0.1, 0.15) is 11.5 Å². The average molecular weight is 263 g/mol. The van der Waals surface area contributed by atoms with Gasteiger partial charge in [-0.25, -0.2) is 9.97 Å². The lowest BCUT2D eigenvalue weighted by molar-refractivity contribution is 0.462. The Morgan fingerprint density at radius 2 is 2.11 bits per heavy atom. The molecule has 0 bridgehead atoms. The smallest absolute Gasteiger partial charge is 0.188 e. The summed E-state index contributed by atoms with van der Waals surface area (Å²) in [6.45, 7) is 5.77. The van der Waals surface area contributed by atoms with Gasteiger partial charge in [-0.3, -0.25) is 0 Å². The number of aromatic nitrogens is 2. The summed E-state index contributed by atoms with van der Waals surface area (Å²) in [4.78, 5) is 8.55. The predicted molar refractivity (Wildman–Crippen MR) is 72.4 cm³/mol. The van der Waals surface area contributed by atoms with Gasteiger partial charge in [0.05, 0.1) is 12.3 Å². The van der Waals surface area contributed by atoms with Gasteiger partial charge >= 0.3 is 0 Å². The zero-order valence-corrected chi connectivity index (χ0v) is 11.5. The predicted octanol–water partition coefficient (Wildman–Crippen LogP) is 2.78. The molecule has 0 spiro atoms.